The van der Waals surface area contributed by atoms with Gasteiger partial charge in [0.05, 0.1) is 6.61 Å². The molecule has 24 heavy (non-hydrogen) atoms. The van der Waals surface area contributed by atoms with Crippen LogP contribution in [0.25, 0.3) is 0 Å². The molecule has 0 saturated heterocycles. The Kier molecular flexibility index (Phi) is 4.16. The van der Waals surface area contributed by atoms with Crippen LogP contribution in [0, 0.1) is 0 Å². The average Bonchev–Trinajstić information content (AvgIpc) is 2.75. The highest BCUT2D eigenvalue weighted by Gasteiger charge is 2.45. The second kappa shape index (κ2) is 6.01. The van der Waals surface area contributed by atoms with Gasteiger partial charge in [0.25, 0.3) is 0 Å². The quantitative estimate of drug-likeness (QED) is 0.595. The summed E-state index contributed by atoms with van der Waals surface area (Å²) in [6, 6.07) is 14.2. The van der Waals surface area contributed by atoms with E-state index < -0.39 is 0 Å². The molecule has 2 heteroatoms. The molecule has 0 amide bonds. The predicted molar refractivity (Wildman–Crippen MR) is 99.0 cm³/mol. The van der Waals surface area contributed by atoms with Crippen LogP contribution in [-0.4, -0.2) is 11.7 Å². The molecule has 1 aliphatic rings. The summed E-state index contributed by atoms with van der Waals surface area (Å²) in [5, 5.41) is 9.98. The van der Waals surface area contributed by atoms with Crippen molar-refractivity contribution in [3.05, 3.63) is 71.8 Å². The molecule has 3 rings (SSSR count). The third-order valence-electron chi connectivity index (χ3n) is 5.20. The van der Waals surface area contributed by atoms with E-state index in [0.717, 1.165) is 18.6 Å². The average molecular weight is 322 g/mol. The van der Waals surface area contributed by atoms with Crippen LogP contribution in [0.2, 0.25) is 0 Å². The molecule has 126 valence electrons. The van der Waals surface area contributed by atoms with Crippen molar-refractivity contribution in [1.82, 2.24) is 0 Å². The Labute approximate surface area is 144 Å². The zero-order valence-corrected chi connectivity index (χ0v) is 14.8. The van der Waals surface area contributed by atoms with Crippen LogP contribution < -0.4 is 4.74 Å². The van der Waals surface area contributed by atoms with Gasteiger partial charge in [-0.05, 0) is 59.2 Å². The first-order valence-electron chi connectivity index (χ1n) is 8.55. The van der Waals surface area contributed by atoms with Crippen molar-refractivity contribution in [1.29, 1.82) is 0 Å². The second-order valence-corrected chi connectivity index (χ2v) is 7.57. The molecule has 2 aromatic rings. The third kappa shape index (κ3) is 2.82. The lowest BCUT2D eigenvalue weighted by atomic mass is 9.75. The van der Waals surface area contributed by atoms with Gasteiger partial charge in [0.1, 0.15) is 11.5 Å². The number of hydrogen-bond donors (Lipinski definition) is 1. The van der Waals surface area contributed by atoms with Gasteiger partial charge in [0.15, 0.2) is 0 Å². The van der Waals surface area contributed by atoms with Crippen molar-refractivity contribution in [2.24, 2.45) is 0 Å². The van der Waals surface area contributed by atoms with Gasteiger partial charge in [0, 0.05) is 5.41 Å². The second-order valence-electron chi connectivity index (χ2n) is 7.57. The number of fused-ring (bicyclic) bond motifs is 1. The number of ether oxygens (including phenoxy) is 1. The first-order valence-corrected chi connectivity index (χ1v) is 8.55. The number of phenolic OH excluding ortho intramolecular Hbond substituents is 1. The number of benzene rings is 2. The summed E-state index contributed by atoms with van der Waals surface area (Å²) in [6.45, 7) is 11.2. The standard InChI is InChI=1S/C22H26O2/c1-5-6-13-24-18-10-7-16(8-11-18)22(4)15-21(2,3)19-12-9-17(23)14-20(19)22/h5,7-12,14,23H,1,6,13,15H2,2-4H3. The zero-order valence-electron chi connectivity index (χ0n) is 14.8. The molecule has 0 spiro atoms. The van der Waals surface area contributed by atoms with E-state index >= 15 is 0 Å². The maximum absolute atomic E-state index is 9.98. The zero-order chi connectivity index (χ0) is 17.4. The van der Waals surface area contributed by atoms with E-state index in [1.807, 2.05) is 24.3 Å². The molecule has 2 nitrogen and oxygen atoms in total. The molecule has 0 fully saturated rings. The van der Waals surface area contributed by atoms with Crippen molar-refractivity contribution in [3.63, 3.8) is 0 Å². The van der Waals surface area contributed by atoms with Crippen molar-refractivity contribution < 1.29 is 9.84 Å². The van der Waals surface area contributed by atoms with E-state index in [1.165, 1.54) is 16.7 Å². The fraction of sp³-hybridized carbons (Fsp3) is 0.364. The molecule has 0 radical (unpaired) electrons. The largest absolute Gasteiger partial charge is 0.508 e. The van der Waals surface area contributed by atoms with Gasteiger partial charge >= 0.3 is 0 Å². The molecule has 0 heterocycles. The Morgan fingerprint density at radius 1 is 1.08 bits per heavy atom. The number of phenols is 1. The van der Waals surface area contributed by atoms with Gasteiger partial charge < -0.3 is 9.84 Å². The fourth-order valence-corrected chi connectivity index (χ4v) is 4.09. The number of rotatable bonds is 5. The van der Waals surface area contributed by atoms with Crippen LogP contribution in [0.15, 0.2) is 55.1 Å². The van der Waals surface area contributed by atoms with Crippen molar-refractivity contribution >= 4 is 0 Å². The Hall–Kier alpha value is -2.22. The predicted octanol–water partition coefficient (Wildman–Crippen LogP) is 5.33. The highest BCUT2D eigenvalue weighted by molar-refractivity contribution is 5.54. The summed E-state index contributed by atoms with van der Waals surface area (Å²) >= 11 is 0. The lowest BCUT2D eigenvalue weighted by Crippen LogP contribution is -2.23. The van der Waals surface area contributed by atoms with Crippen molar-refractivity contribution in [3.8, 4) is 11.5 Å². The van der Waals surface area contributed by atoms with E-state index in [9.17, 15) is 5.11 Å². The van der Waals surface area contributed by atoms with E-state index in [2.05, 4.69) is 45.5 Å². The van der Waals surface area contributed by atoms with E-state index in [1.54, 1.807) is 6.07 Å². The molecule has 1 atom stereocenters. The molecule has 1 aliphatic carbocycles. The van der Waals surface area contributed by atoms with Gasteiger partial charge in [-0.25, -0.2) is 0 Å². The minimum Gasteiger partial charge on any atom is -0.508 e. The first kappa shape index (κ1) is 16.6. The topological polar surface area (TPSA) is 29.5 Å². The molecular formula is C22H26O2. The van der Waals surface area contributed by atoms with Crippen LogP contribution >= 0.6 is 0 Å². The summed E-state index contributed by atoms with van der Waals surface area (Å²) in [6.07, 6.45) is 3.73. The highest BCUT2D eigenvalue weighted by Crippen LogP contribution is 2.53. The number of hydrogen-bond acceptors (Lipinski definition) is 2. The summed E-state index contributed by atoms with van der Waals surface area (Å²) in [5.74, 6) is 1.22. The Balaban J connectivity index is 1.94. The minimum atomic E-state index is -0.1000. The normalized spacial score (nSPS) is 21.3. The summed E-state index contributed by atoms with van der Waals surface area (Å²) in [5.41, 5.74) is 3.81. The first-order chi connectivity index (χ1) is 11.4. The molecule has 0 aliphatic heterocycles. The SMILES string of the molecule is C=CCCOc1ccc(C2(C)CC(C)(C)c3ccc(O)cc32)cc1. The van der Waals surface area contributed by atoms with Gasteiger partial charge in [-0.2, -0.15) is 0 Å². The van der Waals surface area contributed by atoms with Gasteiger partial charge in [0.2, 0.25) is 0 Å². The van der Waals surface area contributed by atoms with Crippen LogP contribution in [-0.2, 0) is 10.8 Å². The fourth-order valence-electron chi connectivity index (χ4n) is 4.09. The minimum absolute atomic E-state index is 0.0942. The van der Waals surface area contributed by atoms with Gasteiger partial charge in [-0.1, -0.05) is 45.0 Å². The maximum atomic E-state index is 9.98. The van der Waals surface area contributed by atoms with Crippen LogP contribution in [0.5, 0.6) is 11.5 Å². The molecular weight excluding hydrogens is 296 g/mol. The summed E-state index contributed by atoms with van der Waals surface area (Å²) in [4.78, 5) is 0. The maximum Gasteiger partial charge on any atom is 0.119 e. The summed E-state index contributed by atoms with van der Waals surface area (Å²) in [7, 11) is 0. The highest BCUT2D eigenvalue weighted by atomic mass is 16.5. The lowest BCUT2D eigenvalue weighted by molar-refractivity contribution is 0.324. The molecule has 1 N–H and O–H groups in total. The molecule has 1 unspecified atom stereocenters. The summed E-state index contributed by atoms with van der Waals surface area (Å²) < 4.78 is 5.72. The van der Waals surface area contributed by atoms with E-state index in [4.69, 9.17) is 4.74 Å². The van der Waals surface area contributed by atoms with E-state index in [0.29, 0.717) is 12.4 Å². The Bertz CT molecular complexity index is 743. The Morgan fingerprint density at radius 2 is 1.79 bits per heavy atom. The van der Waals surface area contributed by atoms with Crippen LogP contribution in [0.4, 0.5) is 0 Å². The molecule has 2 aromatic carbocycles. The van der Waals surface area contributed by atoms with Crippen LogP contribution in [0.3, 0.4) is 0 Å². The number of aromatic hydroxyl groups is 1. The smallest absolute Gasteiger partial charge is 0.119 e. The van der Waals surface area contributed by atoms with E-state index in [-0.39, 0.29) is 10.8 Å². The van der Waals surface area contributed by atoms with Crippen LogP contribution in [0.1, 0.15) is 50.3 Å². The third-order valence-corrected chi connectivity index (χ3v) is 5.20. The van der Waals surface area contributed by atoms with Gasteiger partial charge in [-0.3, -0.25) is 0 Å². The van der Waals surface area contributed by atoms with Crippen molar-refractivity contribution in [2.75, 3.05) is 6.61 Å². The molecule has 0 bridgehead atoms. The Morgan fingerprint density at radius 3 is 2.46 bits per heavy atom. The van der Waals surface area contributed by atoms with Crippen molar-refractivity contribution in [2.45, 2.75) is 44.4 Å². The molecule has 0 aromatic heterocycles. The van der Waals surface area contributed by atoms with Gasteiger partial charge in [-0.15, -0.1) is 6.58 Å². The lowest BCUT2D eigenvalue weighted by Gasteiger charge is -2.28. The molecule has 0 saturated carbocycles. The monoisotopic (exact) mass is 322 g/mol.